The molecule has 1 aromatic rings. The maximum atomic E-state index is 12.6. The van der Waals surface area contributed by atoms with Crippen molar-refractivity contribution < 1.29 is 9.59 Å². The van der Waals surface area contributed by atoms with Gasteiger partial charge in [-0.1, -0.05) is 0 Å². The lowest BCUT2D eigenvalue weighted by atomic mass is 10.2. The minimum atomic E-state index is -0.292. The van der Waals surface area contributed by atoms with Gasteiger partial charge in [-0.25, -0.2) is 0 Å². The summed E-state index contributed by atoms with van der Waals surface area (Å²) in [6, 6.07) is 1.67. The Labute approximate surface area is 121 Å². The molecule has 0 aliphatic carbocycles. The average Bonchev–Trinajstić information content (AvgIpc) is 3.05. The molecule has 2 amide bonds. The van der Waals surface area contributed by atoms with Gasteiger partial charge in [-0.15, -0.1) is 23.1 Å². The van der Waals surface area contributed by atoms with Gasteiger partial charge in [-0.05, 0) is 30.5 Å². The van der Waals surface area contributed by atoms with Crippen molar-refractivity contribution in [2.24, 2.45) is 0 Å². The van der Waals surface area contributed by atoms with Crippen molar-refractivity contribution in [1.82, 2.24) is 9.80 Å². The summed E-state index contributed by atoms with van der Waals surface area (Å²) in [5.41, 5.74) is 0. The van der Waals surface area contributed by atoms with Gasteiger partial charge in [-0.2, -0.15) is 0 Å². The normalized spacial score (nSPS) is 18.7. The monoisotopic (exact) mass is 298 g/mol. The Kier molecular flexibility index (Phi) is 4.52. The van der Waals surface area contributed by atoms with E-state index in [1.807, 2.05) is 17.7 Å². The van der Waals surface area contributed by atoms with E-state index in [2.05, 4.69) is 0 Å². The molecule has 0 radical (unpaired) electrons. The third-order valence-corrected chi connectivity index (χ3v) is 5.09. The van der Waals surface area contributed by atoms with Gasteiger partial charge in [0.1, 0.15) is 10.9 Å². The highest BCUT2D eigenvalue weighted by molar-refractivity contribution is 7.98. The van der Waals surface area contributed by atoms with Crippen molar-refractivity contribution >= 4 is 34.9 Å². The van der Waals surface area contributed by atoms with E-state index in [1.54, 1.807) is 35.7 Å². The van der Waals surface area contributed by atoms with Crippen molar-refractivity contribution in [3.8, 4) is 0 Å². The predicted octanol–water partition coefficient (Wildman–Crippen LogP) is 2.16. The molecule has 0 aromatic carbocycles. The second kappa shape index (κ2) is 5.96. The summed E-state index contributed by atoms with van der Waals surface area (Å²) >= 11 is 3.03. The highest BCUT2D eigenvalue weighted by Gasteiger charge is 2.36. The maximum absolute atomic E-state index is 12.6. The van der Waals surface area contributed by atoms with E-state index in [0.29, 0.717) is 6.54 Å². The first-order valence-corrected chi connectivity index (χ1v) is 8.30. The molecule has 0 bridgehead atoms. The first-order valence-electron chi connectivity index (χ1n) is 6.20. The summed E-state index contributed by atoms with van der Waals surface area (Å²) in [6.07, 6.45) is 3.63. The molecule has 2 heterocycles. The van der Waals surface area contributed by atoms with Crippen LogP contribution in [-0.2, 0) is 4.79 Å². The highest BCUT2D eigenvalue weighted by Crippen LogP contribution is 2.30. The quantitative estimate of drug-likeness (QED) is 0.803. The Morgan fingerprint density at radius 2 is 2.21 bits per heavy atom. The van der Waals surface area contributed by atoms with Crippen LogP contribution in [0.2, 0.25) is 0 Å². The zero-order valence-electron chi connectivity index (χ0n) is 11.4. The van der Waals surface area contributed by atoms with Gasteiger partial charge in [0.2, 0.25) is 5.91 Å². The largest absolute Gasteiger partial charge is 0.347 e. The summed E-state index contributed by atoms with van der Waals surface area (Å²) in [7, 11) is 3.48. The van der Waals surface area contributed by atoms with E-state index in [4.69, 9.17) is 0 Å². The van der Waals surface area contributed by atoms with Crippen LogP contribution >= 0.6 is 23.1 Å². The number of likely N-dealkylation sites (N-methyl/N-ethyl adjacent to an activating group) is 1. The molecule has 4 nitrogen and oxygen atoms in total. The Hall–Kier alpha value is -1.01. The number of likely N-dealkylation sites (tertiary alicyclic amines) is 1. The lowest BCUT2D eigenvalue weighted by Crippen LogP contribution is -2.45. The van der Waals surface area contributed by atoms with E-state index in [1.165, 1.54) is 11.3 Å². The molecule has 1 aromatic heterocycles. The SMILES string of the molecule is CSc1ccsc1C(=O)N1CCC[C@H]1C(=O)N(C)C. The molecule has 0 N–H and O–H groups in total. The van der Waals surface area contributed by atoms with E-state index in [9.17, 15) is 9.59 Å². The summed E-state index contributed by atoms with van der Waals surface area (Å²) < 4.78 is 0. The van der Waals surface area contributed by atoms with Crippen molar-refractivity contribution in [3.05, 3.63) is 16.3 Å². The van der Waals surface area contributed by atoms with Crippen LogP contribution in [0.1, 0.15) is 22.5 Å². The Morgan fingerprint density at radius 3 is 2.84 bits per heavy atom. The van der Waals surface area contributed by atoms with Gasteiger partial charge in [-0.3, -0.25) is 9.59 Å². The van der Waals surface area contributed by atoms with Crippen molar-refractivity contribution in [2.45, 2.75) is 23.8 Å². The fourth-order valence-electron chi connectivity index (χ4n) is 2.31. The van der Waals surface area contributed by atoms with E-state index in [-0.39, 0.29) is 17.9 Å². The van der Waals surface area contributed by atoms with Crippen LogP contribution in [0, 0.1) is 0 Å². The first-order chi connectivity index (χ1) is 9.06. The maximum Gasteiger partial charge on any atom is 0.265 e. The lowest BCUT2D eigenvalue weighted by molar-refractivity contribution is -0.132. The van der Waals surface area contributed by atoms with Crippen molar-refractivity contribution in [2.75, 3.05) is 26.9 Å². The lowest BCUT2D eigenvalue weighted by Gasteiger charge is -2.26. The first kappa shape index (κ1) is 14.4. The molecule has 1 aliphatic rings. The fourth-order valence-corrected chi connectivity index (χ4v) is 4.01. The summed E-state index contributed by atoms with van der Waals surface area (Å²) in [5.74, 6) is 0.0187. The smallest absolute Gasteiger partial charge is 0.265 e. The molecule has 2 rings (SSSR count). The molecule has 1 atom stereocenters. The number of hydrogen-bond donors (Lipinski definition) is 0. The number of nitrogens with zero attached hydrogens (tertiary/aromatic N) is 2. The molecular weight excluding hydrogens is 280 g/mol. The number of thiophene rings is 1. The molecule has 19 heavy (non-hydrogen) atoms. The number of rotatable bonds is 3. The standard InChI is InChI=1S/C13H18N2O2S2/c1-14(2)12(16)9-5-4-7-15(9)13(17)11-10(18-3)6-8-19-11/h6,8-9H,4-5,7H2,1-3H3/t9-/m0/s1. The van der Waals surface area contributed by atoms with Crippen LogP contribution in [0.25, 0.3) is 0 Å². The third-order valence-electron chi connectivity index (χ3n) is 3.28. The predicted molar refractivity (Wildman–Crippen MR) is 78.9 cm³/mol. The third kappa shape index (κ3) is 2.79. The fraction of sp³-hybridized carbons (Fsp3) is 0.538. The number of carbonyl (C=O) groups excluding carboxylic acids is 2. The summed E-state index contributed by atoms with van der Waals surface area (Å²) in [4.78, 5) is 29.7. The number of hydrogen-bond acceptors (Lipinski definition) is 4. The molecule has 1 saturated heterocycles. The van der Waals surface area contributed by atoms with Crippen LogP contribution in [-0.4, -0.2) is 54.6 Å². The van der Waals surface area contributed by atoms with Gasteiger partial charge in [0, 0.05) is 25.5 Å². The number of carbonyl (C=O) groups is 2. The van der Waals surface area contributed by atoms with Crippen LogP contribution in [0.3, 0.4) is 0 Å². The van der Waals surface area contributed by atoms with Gasteiger partial charge >= 0.3 is 0 Å². The van der Waals surface area contributed by atoms with E-state index < -0.39 is 0 Å². The highest BCUT2D eigenvalue weighted by atomic mass is 32.2. The summed E-state index contributed by atoms with van der Waals surface area (Å²) in [6.45, 7) is 0.675. The summed E-state index contributed by atoms with van der Waals surface area (Å²) in [5, 5.41) is 1.93. The minimum Gasteiger partial charge on any atom is -0.347 e. The second-order valence-corrected chi connectivity index (χ2v) is 6.47. The van der Waals surface area contributed by atoms with Crippen LogP contribution in [0.5, 0.6) is 0 Å². The Balaban J connectivity index is 2.21. The zero-order chi connectivity index (χ0) is 14.0. The van der Waals surface area contributed by atoms with Crippen LogP contribution in [0.4, 0.5) is 0 Å². The van der Waals surface area contributed by atoms with Crippen LogP contribution in [0.15, 0.2) is 16.3 Å². The molecule has 0 unspecified atom stereocenters. The average molecular weight is 298 g/mol. The van der Waals surface area contributed by atoms with Crippen LogP contribution < -0.4 is 0 Å². The van der Waals surface area contributed by atoms with Gasteiger partial charge in [0.25, 0.3) is 5.91 Å². The number of amides is 2. The molecule has 0 saturated carbocycles. The molecule has 1 aliphatic heterocycles. The van der Waals surface area contributed by atoms with Gasteiger partial charge in [0.15, 0.2) is 0 Å². The molecule has 104 valence electrons. The zero-order valence-corrected chi connectivity index (χ0v) is 13.0. The molecule has 1 fully saturated rings. The van der Waals surface area contributed by atoms with Crippen molar-refractivity contribution in [3.63, 3.8) is 0 Å². The number of thioether (sulfide) groups is 1. The molecular formula is C13H18N2O2S2. The minimum absolute atomic E-state index is 0.00273. The molecule has 6 heteroatoms. The van der Waals surface area contributed by atoms with Crippen molar-refractivity contribution in [1.29, 1.82) is 0 Å². The molecule has 0 spiro atoms. The topological polar surface area (TPSA) is 40.6 Å². The van der Waals surface area contributed by atoms with E-state index in [0.717, 1.165) is 22.6 Å². The Bertz CT molecular complexity index is 485. The van der Waals surface area contributed by atoms with Gasteiger partial charge in [0.05, 0.1) is 0 Å². The Morgan fingerprint density at radius 1 is 1.47 bits per heavy atom. The second-order valence-electron chi connectivity index (χ2n) is 4.71. The van der Waals surface area contributed by atoms with E-state index >= 15 is 0 Å². The van der Waals surface area contributed by atoms with Gasteiger partial charge < -0.3 is 9.80 Å².